The number of guanidine groups is 1. The van der Waals surface area contributed by atoms with Gasteiger partial charge in [-0.2, -0.15) is 0 Å². The fourth-order valence-corrected chi connectivity index (χ4v) is 2.84. The van der Waals surface area contributed by atoms with Gasteiger partial charge in [0.1, 0.15) is 0 Å². The Hall–Kier alpha value is -1.75. The first-order valence-corrected chi connectivity index (χ1v) is 9.15. The van der Waals surface area contributed by atoms with E-state index in [9.17, 15) is 0 Å². The summed E-state index contributed by atoms with van der Waals surface area (Å²) in [6.07, 6.45) is 1.14. The molecule has 1 fully saturated rings. The largest absolute Gasteiger partial charge is 0.369 e. The SMILES string of the molecule is CCNC(=NCCN(C)C(C)C)NC1CCN(c2ccccc2)C1. The van der Waals surface area contributed by atoms with Crippen LogP contribution in [0, 0.1) is 0 Å². The lowest BCUT2D eigenvalue weighted by Crippen LogP contribution is -2.45. The summed E-state index contributed by atoms with van der Waals surface area (Å²) in [5.41, 5.74) is 1.31. The first-order chi connectivity index (χ1) is 11.6. The molecule has 2 rings (SSSR count). The van der Waals surface area contributed by atoms with Crippen LogP contribution in [-0.4, -0.2) is 62.7 Å². The van der Waals surface area contributed by atoms with Gasteiger partial charge in [0.05, 0.1) is 6.54 Å². The zero-order chi connectivity index (χ0) is 17.4. The molecular formula is C19H33N5. The molecule has 5 heteroatoms. The van der Waals surface area contributed by atoms with Crippen molar-refractivity contribution in [1.29, 1.82) is 0 Å². The Morgan fingerprint density at radius 1 is 1.33 bits per heavy atom. The van der Waals surface area contributed by atoms with Gasteiger partial charge in [-0.3, -0.25) is 4.99 Å². The molecule has 5 nitrogen and oxygen atoms in total. The third-order valence-corrected chi connectivity index (χ3v) is 4.60. The molecule has 0 aromatic heterocycles. The topological polar surface area (TPSA) is 42.9 Å². The maximum absolute atomic E-state index is 4.73. The highest BCUT2D eigenvalue weighted by molar-refractivity contribution is 5.80. The van der Waals surface area contributed by atoms with Crippen LogP contribution in [0.15, 0.2) is 35.3 Å². The minimum atomic E-state index is 0.450. The summed E-state index contributed by atoms with van der Waals surface area (Å²) in [7, 11) is 2.15. The maximum Gasteiger partial charge on any atom is 0.191 e. The van der Waals surface area contributed by atoms with Crippen LogP contribution in [0.4, 0.5) is 5.69 Å². The van der Waals surface area contributed by atoms with Crippen LogP contribution in [0.5, 0.6) is 0 Å². The Labute approximate surface area is 147 Å². The van der Waals surface area contributed by atoms with Crippen LogP contribution >= 0.6 is 0 Å². The van der Waals surface area contributed by atoms with Crippen molar-refractivity contribution in [3.63, 3.8) is 0 Å². The van der Waals surface area contributed by atoms with Gasteiger partial charge < -0.3 is 20.4 Å². The van der Waals surface area contributed by atoms with E-state index in [0.29, 0.717) is 12.1 Å². The normalized spacial score (nSPS) is 18.5. The van der Waals surface area contributed by atoms with E-state index in [2.05, 4.69) is 78.6 Å². The zero-order valence-electron chi connectivity index (χ0n) is 15.6. The highest BCUT2D eigenvalue weighted by atomic mass is 15.2. The predicted molar refractivity (Wildman–Crippen MR) is 104 cm³/mol. The zero-order valence-corrected chi connectivity index (χ0v) is 15.6. The Morgan fingerprint density at radius 3 is 2.75 bits per heavy atom. The standard InChI is InChI=1S/C19H33N5/c1-5-20-19(21-12-14-23(4)16(2)3)22-17-11-13-24(15-17)18-9-7-6-8-10-18/h6-10,16-17H,5,11-15H2,1-4H3,(H2,20,21,22). The summed E-state index contributed by atoms with van der Waals surface area (Å²) >= 11 is 0. The number of para-hydroxylation sites is 1. The molecular weight excluding hydrogens is 298 g/mol. The lowest BCUT2D eigenvalue weighted by Gasteiger charge is -2.21. The molecule has 1 heterocycles. The Bertz CT molecular complexity index is 500. The van der Waals surface area contributed by atoms with Crippen molar-refractivity contribution in [3.05, 3.63) is 30.3 Å². The van der Waals surface area contributed by atoms with Gasteiger partial charge in [-0.25, -0.2) is 0 Å². The predicted octanol–water partition coefficient (Wildman–Crippen LogP) is 2.16. The Morgan fingerprint density at radius 2 is 2.08 bits per heavy atom. The molecule has 134 valence electrons. The molecule has 0 radical (unpaired) electrons. The van der Waals surface area contributed by atoms with Crippen LogP contribution in [0.1, 0.15) is 27.2 Å². The number of nitrogens with one attached hydrogen (secondary N) is 2. The molecule has 0 amide bonds. The molecule has 1 saturated heterocycles. The molecule has 1 unspecified atom stereocenters. The molecule has 0 saturated carbocycles. The second kappa shape index (κ2) is 9.52. The van der Waals surface area contributed by atoms with E-state index in [-0.39, 0.29) is 0 Å². The van der Waals surface area contributed by atoms with E-state index < -0.39 is 0 Å². The van der Waals surface area contributed by atoms with Crippen molar-refractivity contribution >= 4 is 11.6 Å². The first-order valence-electron chi connectivity index (χ1n) is 9.15. The van der Waals surface area contributed by atoms with Crippen LogP contribution in [0.25, 0.3) is 0 Å². The Balaban J connectivity index is 1.84. The minimum Gasteiger partial charge on any atom is -0.369 e. The van der Waals surface area contributed by atoms with Gasteiger partial charge in [-0.05, 0) is 46.4 Å². The van der Waals surface area contributed by atoms with Crippen molar-refractivity contribution in [2.45, 2.75) is 39.3 Å². The van der Waals surface area contributed by atoms with Gasteiger partial charge in [0.25, 0.3) is 0 Å². The summed E-state index contributed by atoms with van der Waals surface area (Å²) in [6.45, 7) is 11.3. The number of nitrogens with zero attached hydrogens (tertiary/aromatic N) is 3. The molecule has 24 heavy (non-hydrogen) atoms. The quantitative estimate of drug-likeness (QED) is 0.594. The van der Waals surface area contributed by atoms with E-state index in [1.807, 2.05) is 0 Å². The average Bonchev–Trinajstić information content (AvgIpc) is 3.04. The van der Waals surface area contributed by atoms with Crippen LogP contribution < -0.4 is 15.5 Å². The molecule has 0 bridgehead atoms. The minimum absolute atomic E-state index is 0.450. The summed E-state index contributed by atoms with van der Waals surface area (Å²) < 4.78 is 0. The Kier molecular flexibility index (Phi) is 7.37. The molecule has 2 N–H and O–H groups in total. The second-order valence-corrected chi connectivity index (χ2v) is 6.75. The highest BCUT2D eigenvalue weighted by Gasteiger charge is 2.23. The van der Waals surface area contributed by atoms with Crippen molar-refractivity contribution in [2.75, 3.05) is 44.7 Å². The summed E-state index contributed by atoms with van der Waals surface area (Å²) in [6, 6.07) is 11.7. The first kappa shape index (κ1) is 18.6. The molecule has 0 spiro atoms. The van der Waals surface area contributed by atoms with Crippen molar-refractivity contribution < 1.29 is 0 Å². The van der Waals surface area contributed by atoms with Crippen LogP contribution in [-0.2, 0) is 0 Å². The number of rotatable bonds is 7. The molecule has 1 aromatic rings. The smallest absolute Gasteiger partial charge is 0.191 e. The van der Waals surface area contributed by atoms with E-state index in [1.165, 1.54) is 5.69 Å². The fourth-order valence-electron chi connectivity index (χ4n) is 2.84. The van der Waals surface area contributed by atoms with E-state index in [1.54, 1.807) is 0 Å². The second-order valence-electron chi connectivity index (χ2n) is 6.75. The fraction of sp³-hybridized carbons (Fsp3) is 0.632. The molecule has 0 aliphatic carbocycles. The van der Waals surface area contributed by atoms with Crippen molar-refractivity contribution in [2.24, 2.45) is 4.99 Å². The molecule has 1 aromatic carbocycles. The monoisotopic (exact) mass is 331 g/mol. The number of hydrogen-bond donors (Lipinski definition) is 2. The lowest BCUT2D eigenvalue weighted by atomic mass is 10.3. The third-order valence-electron chi connectivity index (χ3n) is 4.60. The molecule has 1 aliphatic heterocycles. The van der Waals surface area contributed by atoms with Gasteiger partial charge in [0.2, 0.25) is 0 Å². The number of benzene rings is 1. The van der Waals surface area contributed by atoms with Crippen molar-refractivity contribution in [1.82, 2.24) is 15.5 Å². The van der Waals surface area contributed by atoms with Gasteiger partial charge in [0, 0.05) is 44.0 Å². The van der Waals surface area contributed by atoms with E-state index in [4.69, 9.17) is 4.99 Å². The maximum atomic E-state index is 4.73. The number of anilines is 1. The average molecular weight is 332 g/mol. The van der Waals surface area contributed by atoms with Gasteiger partial charge >= 0.3 is 0 Å². The van der Waals surface area contributed by atoms with Gasteiger partial charge in [-0.1, -0.05) is 18.2 Å². The van der Waals surface area contributed by atoms with E-state index in [0.717, 1.165) is 45.1 Å². The lowest BCUT2D eigenvalue weighted by molar-refractivity contribution is 0.282. The van der Waals surface area contributed by atoms with Crippen LogP contribution in [0.2, 0.25) is 0 Å². The number of hydrogen-bond acceptors (Lipinski definition) is 3. The number of likely N-dealkylation sites (N-methyl/N-ethyl adjacent to an activating group) is 1. The van der Waals surface area contributed by atoms with Crippen LogP contribution in [0.3, 0.4) is 0 Å². The molecule has 1 aliphatic rings. The molecule has 1 atom stereocenters. The summed E-state index contributed by atoms with van der Waals surface area (Å²) in [5.74, 6) is 0.939. The van der Waals surface area contributed by atoms with Gasteiger partial charge in [-0.15, -0.1) is 0 Å². The number of aliphatic imine (C=N–C) groups is 1. The summed E-state index contributed by atoms with van der Waals surface area (Å²) in [5, 5.41) is 6.97. The van der Waals surface area contributed by atoms with Gasteiger partial charge in [0.15, 0.2) is 5.96 Å². The van der Waals surface area contributed by atoms with Crippen molar-refractivity contribution in [3.8, 4) is 0 Å². The third kappa shape index (κ3) is 5.71. The summed E-state index contributed by atoms with van der Waals surface area (Å²) in [4.78, 5) is 9.49. The highest BCUT2D eigenvalue weighted by Crippen LogP contribution is 2.19. The van der Waals surface area contributed by atoms with E-state index >= 15 is 0 Å².